The first-order valence-electron chi connectivity index (χ1n) is 5.17. The molecule has 80 valence electrons. The van der Waals surface area contributed by atoms with Gasteiger partial charge in [0.25, 0.3) is 0 Å². The third kappa shape index (κ3) is 2.68. The number of carbonyl (C=O) groups is 1. The van der Waals surface area contributed by atoms with Gasteiger partial charge in [0.05, 0.1) is 0 Å². The van der Waals surface area contributed by atoms with Crippen molar-refractivity contribution in [2.75, 3.05) is 13.1 Å². The fourth-order valence-electron chi connectivity index (χ4n) is 1.62. The van der Waals surface area contributed by atoms with Crippen LogP contribution in [-0.2, 0) is 11.3 Å². The Morgan fingerprint density at radius 2 is 2.00 bits per heavy atom. The van der Waals surface area contributed by atoms with Gasteiger partial charge in [-0.2, -0.15) is 0 Å². The Labute approximate surface area is 88.9 Å². The van der Waals surface area contributed by atoms with Crippen LogP contribution in [-0.4, -0.2) is 29.1 Å². The number of rotatable bonds is 2. The van der Waals surface area contributed by atoms with Crippen LogP contribution in [0, 0.1) is 0 Å². The van der Waals surface area contributed by atoms with E-state index in [-0.39, 0.29) is 6.09 Å². The summed E-state index contributed by atoms with van der Waals surface area (Å²) in [4.78, 5) is 17.2. The number of aromatic nitrogens is 1. The molecule has 0 radical (unpaired) electrons. The normalized spacial score (nSPS) is 15.3. The van der Waals surface area contributed by atoms with Gasteiger partial charge in [-0.05, 0) is 30.5 Å². The Morgan fingerprint density at radius 3 is 2.67 bits per heavy atom. The molecule has 4 heteroatoms. The summed E-state index contributed by atoms with van der Waals surface area (Å²) < 4.78 is 5.17. The van der Waals surface area contributed by atoms with Crippen LogP contribution in [0.3, 0.4) is 0 Å². The van der Waals surface area contributed by atoms with Gasteiger partial charge in [0.2, 0.25) is 0 Å². The molecular formula is C11H14N2O2. The lowest BCUT2D eigenvalue weighted by molar-refractivity contribution is 0.104. The molecule has 1 fully saturated rings. The van der Waals surface area contributed by atoms with Crippen LogP contribution in [0.4, 0.5) is 4.79 Å². The van der Waals surface area contributed by atoms with E-state index in [4.69, 9.17) is 4.74 Å². The van der Waals surface area contributed by atoms with Gasteiger partial charge in [-0.1, -0.05) is 0 Å². The van der Waals surface area contributed by atoms with Crippen molar-refractivity contribution in [1.82, 2.24) is 9.88 Å². The lowest BCUT2D eigenvalue weighted by Crippen LogP contribution is -2.28. The first-order chi connectivity index (χ1) is 7.36. The summed E-state index contributed by atoms with van der Waals surface area (Å²) in [5.41, 5.74) is 0.970. The zero-order valence-corrected chi connectivity index (χ0v) is 8.56. The Kier molecular flexibility index (Phi) is 3.17. The molecule has 4 nitrogen and oxygen atoms in total. The highest BCUT2D eigenvalue weighted by Gasteiger charge is 2.18. The molecule has 1 saturated heterocycles. The molecule has 1 amide bonds. The topological polar surface area (TPSA) is 42.4 Å². The molecule has 0 unspecified atom stereocenters. The highest BCUT2D eigenvalue weighted by atomic mass is 16.6. The van der Waals surface area contributed by atoms with Gasteiger partial charge in [0, 0.05) is 25.5 Å². The average molecular weight is 206 g/mol. The predicted octanol–water partition coefficient (Wildman–Crippen LogP) is 1.81. The van der Waals surface area contributed by atoms with Crippen LogP contribution < -0.4 is 0 Å². The van der Waals surface area contributed by atoms with Gasteiger partial charge >= 0.3 is 6.09 Å². The van der Waals surface area contributed by atoms with Crippen LogP contribution >= 0.6 is 0 Å². The lowest BCUT2D eigenvalue weighted by atomic mass is 10.3. The number of amides is 1. The third-order valence-electron chi connectivity index (χ3n) is 2.48. The third-order valence-corrected chi connectivity index (χ3v) is 2.48. The van der Waals surface area contributed by atoms with Gasteiger partial charge in [0.15, 0.2) is 0 Å². The van der Waals surface area contributed by atoms with Crippen molar-refractivity contribution in [2.45, 2.75) is 19.4 Å². The maximum Gasteiger partial charge on any atom is 0.410 e. The fourth-order valence-corrected chi connectivity index (χ4v) is 1.62. The van der Waals surface area contributed by atoms with Crippen LogP contribution in [0.1, 0.15) is 18.4 Å². The van der Waals surface area contributed by atoms with Crippen molar-refractivity contribution in [3.05, 3.63) is 30.1 Å². The summed E-state index contributed by atoms with van der Waals surface area (Å²) in [7, 11) is 0. The van der Waals surface area contributed by atoms with Crippen molar-refractivity contribution in [2.24, 2.45) is 0 Å². The van der Waals surface area contributed by atoms with Crippen molar-refractivity contribution < 1.29 is 9.53 Å². The Balaban J connectivity index is 1.80. The number of ether oxygens (including phenoxy) is 1. The summed E-state index contributed by atoms with van der Waals surface area (Å²) in [5, 5.41) is 0. The monoisotopic (exact) mass is 206 g/mol. The molecule has 0 aliphatic carbocycles. The molecule has 1 aliphatic heterocycles. The number of carbonyl (C=O) groups excluding carboxylic acids is 1. The minimum Gasteiger partial charge on any atom is -0.445 e. The van der Waals surface area contributed by atoms with E-state index < -0.39 is 0 Å². The maximum atomic E-state index is 11.5. The molecule has 15 heavy (non-hydrogen) atoms. The number of hydrogen-bond acceptors (Lipinski definition) is 3. The van der Waals surface area contributed by atoms with E-state index in [0.29, 0.717) is 6.61 Å². The first kappa shape index (κ1) is 9.96. The molecule has 2 heterocycles. The van der Waals surface area contributed by atoms with E-state index in [1.807, 2.05) is 12.1 Å². The number of likely N-dealkylation sites (tertiary alicyclic amines) is 1. The molecule has 1 aromatic heterocycles. The summed E-state index contributed by atoms with van der Waals surface area (Å²) >= 11 is 0. The van der Waals surface area contributed by atoms with E-state index in [1.165, 1.54) is 0 Å². The van der Waals surface area contributed by atoms with E-state index in [1.54, 1.807) is 17.3 Å². The average Bonchev–Trinajstić information content (AvgIpc) is 2.81. The Hall–Kier alpha value is -1.58. The standard InChI is InChI=1S/C11H14N2O2/c14-11(13-7-1-2-8-13)15-9-10-3-5-12-6-4-10/h3-6H,1-2,7-9H2. The lowest BCUT2D eigenvalue weighted by Gasteiger charge is -2.14. The van der Waals surface area contributed by atoms with Gasteiger partial charge < -0.3 is 9.64 Å². The van der Waals surface area contributed by atoms with Crippen molar-refractivity contribution >= 4 is 6.09 Å². The van der Waals surface area contributed by atoms with E-state index in [0.717, 1.165) is 31.5 Å². The van der Waals surface area contributed by atoms with Crippen molar-refractivity contribution in [1.29, 1.82) is 0 Å². The number of pyridine rings is 1. The number of nitrogens with zero attached hydrogens (tertiary/aromatic N) is 2. The second kappa shape index (κ2) is 4.77. The predicted molar refractivity (Wildman–Crippen MR) is 55.2 cm³/mol. The number of hydrogen-bond donors (Lipinski definition) is 0. The zero-order valence-electron chi connectivity index (χ0n) is 8.56. The molecule has 0 aromatic carbocycles. The molecule has 0 saturated carbocycles. The Morgan fingerprint density at radius 1 is 1.33 bits per heavy atom. The molecule has 1 aromatic rings. The summed E-state index contributed by atoms with van der Waals surface area (Å²) in [6, 6.07) is 3.69. The fraction of sp³-hybridized carbons (Fsp3) is 0.455. The summed E-state index contributed by atoms with van der Waals surface area (Å²) in [6.45, 7) is 1.99. The van der Waals surface area contributed by atoms with Gasteiger partial charge in [-0.25, -0.2) is 4.79 Å². The van der Waals surface area contributed by atoms with E-state index in [9.17, 15) is 4.79 Å². The zero-order chi connectivity index (χ0) is 10.5. The Bertz CT molecular complexity index is 321. The molecule has 0 bridgehead atoms. The molecule has 0 spiro atoms. The highest BCUT2D eigenvalue weighted by Crippen LogP contribution is 2.10. The van der Waals surface area contributed by atoms with Gasteiger partial charge in [0.1, 0.15) is 6.61 Å². The summed E-state index contributed by atoms with van der Waals surface area (Å²) in [5.74, 6) is 0. The molecule has 2 rings (SSSR count). The molecular weight excluding hydrogens is 192 g/mol. The van der Waals surface area contributed by atoms with Crippen molar-refractivity contribution in [3.8, 4) is 0 Å². The maximum absolute atomic E-state index is 11.5. The van der Waals surface area contributed by atoms with Crippen LogP contribution in [0.5, 0.6) is 0 Å². The largest absolute Gasteiger partial charge is 0.445 e. The molecule has 0 atom stereocenters. The first-order valence-corrected chi connectivity index (χ1v) is 5.17. The van der Waals surface area contributed by atoms with E-state index >= 15 is 0 Å². The highest BCUT2D eigenvalue weighted by molar-refractivity contribution is 5.67. The minimum atomic E-state index is -0.204. The molecule has 1 aliphatic rings. The smallest absolute Gasteiger partial charge is 0.410 e. The van der Waals surface area contributed by atoms with Gasteiger partial charge in [-0.15, -0.1) is 0 Å². The second-order valence-corrected chi connectivity index (χ2v) is 3.60. The minimum absolute atomic E-state index is 0.204. The van der Waals surface area contributed by atoms with E-state index in [2.05, 4.69) is 4.98 Å². The molecule has 0 N–H and O–H groups in total. The van der Waals surface area contributed by atoms with Gasteiger partial charge in [-0.3, -0.25) is 4.98 Å². The van der Waals surface area contributed by atoms with Crippen LogP contribution in [0.15, 0.2) is 24.5 Å². The summed E-state index contributed by atoms with van der Waals surface area (Å²) in [6.07, 6.45) is 5.36. The van der Waals surface area contributed by atoms with Crippen molar-refractivity contribution in [3.63, 3.8) is 0 Å². The second-order valence-electron chi connectivity index (χ2n) is 3.60. The SMILES string of the molecule is O=C(OCc1ccncc1)N1CCCC1. The van der Waals surface area contributed by atoms with Crippen LogP contribution in [0.25, 0.3) is 0 Å². The van der Waals surface area contributed by atoms with Crippen LogP contribution in [0.2, 0.25) is 0 Å². The quantitative estimate of drug-likeness (QED) is 0.741.